The molecule has 74 valence electrons. The van der Waals surface area contributed by atoms with Gasteiger partial charge in [-0.3, -0.25) is 0 Å². The van der Waals surface area contributed by atoms with Gasteiger partial charge < -0.3 is 5.32 Å². The zero-order valence-corrected chi connectivity index (χ0v) is 9.62. The molecule has 1 aromatic heterocycles. The molecule has 0 aromatic carbocycles. The number of thioether (sulfide) groups is 1. The van der Waals surface area contributed by atoms with Crippen molar-refractivity contribution in [3.8, 4) is 0 Å². The molecule has 1 aromatic rings. The molecule has 0 amide bonds. The van der Waals surface area contributed by atoms with Crippen molar-refractivity contribution in [3.05, 3.63) is 6.33 Å². The van der Waals surface area contributed by atoms with Crippen LogP contribution in [0, 0.1) is 0 Å². The molecule has 0 saturated heterocycles. The van der Waals surface area contributed by atoms with Gasteiger partial charge in [-0.2, -0.15) is 16.1 Å². The minimum atomic E-state index is 0.493. The molecule has 1 atom stereocenters. The van der Waals surface area contributed by atoms with E-state index in [1.807, 2.05) is 11.8 Å². The van der Waals surface area contributed by atoms with Crippen molar-refractivity contribution >= 4 is 28.4 Å². The second kappa shape index (κ2) is 6.21. The highest BCUT2D eigenvalue weighted by Gasteiger charge is 2.03. The summed E-state index contributed by atoms with van der Waals surface area (Å²) in [4.78, 5) is 4.07. The maximum Gasteiger partial charge on any atom is 0.202 e. The van der Waals surface area contributed by atoms with E-state index in [0.29, 0.717) is 6.04 Å². The number of anilines is 1. The highest BCUT2D eigenvalue weighted by Crippen LogP contribution is 2.11. The topological polar surface area (TPSA) is 37.8 Å². The average molecular weight is 217 g/mol. The molecule has 1 rings (SSSR count). The molecule has 0 fully saturated rings. The second-order valence-electron chi connectivity index (χ2n) is 2.78. The molecule has 0 aliphatic heterocycles. The van der Waals surface area contributed by atoms with Crippen LogP contribution in [0.25, 0.3) is 0 Å². The summed E-state index contributed by atoms with van der Waals surface area (Å²) in [6.07, 6.45) is 2.76. The molecular weight excluding hydrogens is 202 g/mol. The van der Waals surface area contributed by atoms with Crippen LogP contribution in [0.4, 0.5) is 5.13 Å². The van der Waals surface area contributed by atoms with Crippen molar-refractivity contribution in [2.24, 2.45) is 0 Å². The SMILES string of the molecule is CCSCCC(C)Nc1ncns1. The minimum Gasteiger partial charge on any atom is -0.358 e. The lowest BCUT2D eigenvalue weighted by Crippen LogP contribution is -2.15. The Kier molecular flexibility index (Phi) is 5.15. The Labute approximate surface area is 87.5 Å². The molecule has 0 aliphatic carbocycles. The maximum absolute atomic E-state index is 4.07. The van der Waals surface area contributed by atoms with Crippen LogP contribution < -0.4 is 5.32 Å². The molecular formula is C8H15N3S2. The van der Waals surface area contributed by atoms with Crippen molar-refractivity contribution in [1.82, 2.24) is 9.36 Å². The number of nitrogens with zero attached hydrogens (tertiary/aromatic N) is 2. The van der Waals surface area contributed by atoms with Crippen LogP contribution in [0.3, 0.4) is 0 Å². The van der Waals surface area contributed by atoms with E-state index < -0.39 is 0 Å². The Bertz CT molecular complexity index is 213. The van der Waals surface area contributed by atoms with Gasteiger partial charge in [-0.25, -0.2) is 4.98 Å². The lowest BCUT2D eigenvalue weighted by Gasteiger charge is -2.11. The first-order valence-electron chi connectivity index (χ1n) is 4.44. The zero-order valence-electron chi connectivity index (χ0n) is 7.99. The van der Waals surface area contributed by atoms with E-state index in [2.05, 4.69) is 28.5 Å². The van der Waals surface area contributed by atoms with E-state index in [0.717, 1.165) is 5.13 Å². The van der Waals surface area contributed by atoms with Crippen LogP contribution in [0.15, 0.2) is 6.33 Å². The third-order valence-electron chi connectivity index (χ3n) is 1.63. The Morgan fingerprint density at radius 3 is 3.15 bits per heavy atom. The maximum atomic E-state index is 4.07. The molecule has 0 saturated carbocycles. The van der Waals surface area contributed by atoms with Crippen LogP contribution in [-0.2, 0) is 0 Å². The number of hydrogen-bond donors (Lipinski definition) is 1. The smallest absolute Gasteiger partial charge is 0.202 e. The Hall–Kier alpha value is -0.290. The number of hydrogen-bond acceptors (Lipinski definition) is 5. The van der Waals surface area contributed by atoms with Crippen LogP contribution in [0.5, 0.6) is 0 Å². The predicted octanol–water partition coefficient (Wildman–Crippen LogP) is 2.48. The van der Waals surface area contributed by atoms with Crippen molar-refractivity contribution in [1.29, 1.82) is 0 Å². The second-order valence-corrected chi connectivity index (χ2v) is 4.95. The number of aromatic nitrogens is 2. The molecule has 0 spiro atoms. The average Bonchev–Trinajstić information content (AvgIpc) is 2.57. The lowest BCUT2D eigenvalue weighted by atomic mass is 10.3. The van der Waals surface area contributed by atoms with Crippen molar-refractivity contribution in [2.75, 3.05) is 16.8 Å². The van der Waals surface area contributed by atoms with E-state index in [-0.39, 0.29) is 0 Å². The van der Waals surface area contributed by atoms with Gasteiger partial charge in [-0.15, -0.1) is 0 Å². The summed E-state index contributed by atoms with van der Waals surface area (Å²) < 4.78 is 3.93. The summed E-state index contributed by atoms with van der Waals surface area (Å²) in [5.74, 6) is 2.41. The van der Waals surface area contributed by atoms with Gasteiger partial charge >= 0.3 is 0 Å². The first kappa shape index (κ1) is 10.8. The van der Waals surface area contributed by atoms with Gasteiger partial charge in [-0.1, -0.05) is 6.92 Å². The largest absolute Gasteiger partial charge is 0.358 e. The third-order valence-corrected chi connectivity index (χ3v) is 3.16. The lowest BCUT2D eigenvalue weighted by molar-refractivity contribution is 0.770. The van der Waals surface area contributed by atoms with Crippen LogP contribution in [-0.4, -0.2) is 26.9 Å². The fraction of sp³-hybridized carbons (Fsp3) is 0.750. The van der Waals surface area contributed by atoms with Gasteiger partial charge in [-0.05, 0) is 24.9 Å². The molecule has 1 unspecified atom stereocenters. The number of nitrogens with one attached hydrogen (secondary N) is 1. The third kappa shape index (κ3) is 4.47. The van der Waals surface area contributed by atoms with Gasteiger partial charge in [0.25, 0.3) is 0 Å². The summed E-state index contributed by atoms with van der Waals surface area (Å²) in [5, 5.41) is 4.24. The van der Waals surface area contributed by atoms with Crippen molar-refractivity contribution < 1.29 is 0 Å². The van der Waals surface area contributed by atoms with Gasteiger partial charge in [0.2, 0.25) is 5.13 Å². The summed E-state index contributed by atoms with van der Waals surface area (Å²) in [5.41, 5.74) is 0. The van der Waals surface area contributed by atoms with Crippen molar-refractivity contribution in [2.45, 2.75) is 26.3 Å². The highest BCUT2D eigenvalue weighted by molar-refractivity contribution is 7.99. The Morgan fingerprint density at radius 2 is 2.54 bits per heavy atom. The first-order chi connectivity index (χ1) is 6.33. The van der Waals surface area contributed by atoms with E-state index >= 15 is 0 Å². The van der Waals surface area contributed by atoms with E-state index in [4.69, 9.17) is 0 Å². The molecule has 0 aliphatic rings. The molecule has 5 heteroatoms. The predicted molar refractivity (Wildman–Crippen MR) is 60.6 cm³/mol. The number of rotatable bonds is 6. The quantitative estimate of drug-likeness (QED) is 0.743. The van der Waals surface area contributed by atoms with Gasteiger partial charge in [0.05, 0.1) is 0 Å². The van der Waals surface area contributed by atoms with Crippen LogP contribution in [0.2, 0.25) is 0 Å². The summed E-state index contributed by atoms with van der Waals surface area (Å²) in [6.45, 7) is 4.37. The van der Waals surface area contributed by atoms with Gasteiger partial charge in [0.1, 0.15) is 6.33 Å². The standard InChI is InChI=1S/C8H15N3S2/c1-3-12-5-4-7(2)11-8-9-6-10-13-8/h6-7H,3-5H2,1-2H3,(H,9,10,11). The molecule has 0 bridgehead atoms. The van der Waals surface area contributed by atoms with Crippen LogP contribution in [0.1, 0.15) is 20.3 Å². The monoisotopic (exact) mass is 217 g/mol. The molecule has 0 radical (unpaired) electrons. The summed E-state index contributed by atoms with van der Waals surface area (Å²) in [7, 11) is 0. The fourth-order valence-corrected chi connectivity index (χ4v) is 2.28. The van der Waals surface area contributed by atoms with Gasteiger partial charge in [0.15, 0.2) is 0 Å². The van der Waals surface area contributed by atoms with E-state index in [1.54, 1.807) is 6.33 Å². The highest BCUT2D eigenvalue weighted by atomic mass is 32.2. The summed E-state index contributed by atoms with van der Waals surface area (Å²) >= 11 is 3.39. The van der Waals surface area contributed by atoms with E-state index in [9.17, 15) is 0 Å². The zero-order chi connectivity index (χ0) is 9.52. The molecule has 1 N–H and O–H groups in total. The minimum absolute atomic E-state index is 0.493. The fourth-order valence-electron chi connectivity index (χ4n) is 0.924. The first-order valence-corrected chi connectivity index (χ1v) is 6.36. The molecule has 13 heavy (non-hydrogen) atoms. The summed E-state index contributed by atoms with van der Waals surface area (Å²) in [6, 6.07) is 0.493. The van der Waals surface area contributed by atoms with Crippen molar-refractivity contribution in [3.63, 3.8) is 0 Å². The molecule has 1 heterocycles. The van der Waals surface area contributed by atoms with Crippen LogP contribution >= 0.6 is 23.3 Å². The van der Waals surface area contributed by atoms with E-state index in [1.165, 1.54) is 29.5 Å². The normalized spacial score (nSPS) is 12.8. The molecule has 3 nitrogen and oxygen atoms in total. The van der Waals surface area contributed by atoms with Gasteiger partial charge in [0, 0.05) is 17.6 Å². The Balaban J connectivity index is 2.14. The Morgan fingerprint density at radius 1 is 1.69 bits per heavy atom.